The molecule has 0 bridgehead atoms. The molecule has 16 N–H and O–H groups in total. The Hall–Kier alpha value is 2.12. The second-order valence-electron chi connectivity index (χ2n) is 7.42. The van der Waals surface area contributed by atoms with Gasteiger partial charge in [0.15, 0.2) is 11.0 Å². The molecule has 0 aliphatic carbocycles. The summed E-state index contributed by atoms with van der Waals surface area (Å²) < 4.78 is 94.8. The van der Waals surface area contributed by atoms with Gasteiger partial charge in [0, 0.05) is 0 Å². The Balaban J connectivity index is 0. The van der Waals surface area contributed by atoms with Crippen LogP contribution in [-0.4, -0.2) is 117 Å². The molecule has 0 spiro atoms. The van der Waals surface area contributed by atoms with Crippen LogP contribution in [-0.2, 0) is 36.5 Å². The van der Waals surface area contributed by atoms with Crippen molar-refractivity contribution >= 4 is 60.8 Å². The Kier molecular flexibility index (Phi) is 16.0. The van der Waals surface area contributed by atoms with Crippen LogP contribution in [0.3, 0.4) is 0 Å². The molecule has 0 amide bonds. The van der Waals surface area contributed by atoms with Crippen LogP contribution in [0.5, 0.6) is 0 Å². The van der Waals surface area contributed by atoms with Gasteiger partial charge in [-0.1, -0.05) is 0 Å². The van der Waals surface area contributed by atoms with Crippen LogP contribution >= 0.6 is 60.8 Å². The van der Waals surface area contributed by atoms with E-state index in [0.717, 1.165) is 0 Å². The molecule has 0 aliphatic heterocycles. The van der Waals surface area contributed by atoms with Crippen LogP contribution in [0, 0.1) is 6.54 Å². The number of hydrogen-bond acceptors (Lipinski definition) is 10. The van der Waals surface area contributed by atoms with Gasteiger partial charge in [0.2, 0.25) is 11.0 Å². The van der Waals surface area contributed by atoms with E-state index < -0.39 is 106 Å². The third-order valence-electron chi connectivity index (χ3n) is 4.04. The predicted octanol–water partition coefficient (Wildman–Crippen LogP) is -6.69. The van der Waals surface area contributed by atoms with E-state index >= 15 is 0 Å². The van der Waals surface area contributed by atoms with Crippen molar-refractivity contribution in [2.24, 2.45) is 0 Å². The van der Waals surface area contributed by atoms with Crippen molar-refractivity contribution in [2.75, 3.05) is 6.54 Å². The van der Waals surface area contributed by atoms with Crippen molar-refractivity contribution in [1.29, 1.82) is 0 Å². The van der Waals surface area contributed by atoms with Crippen LogP contribution in [0.25, 0.3) is 0 Å². The van der Waals surface area contributed by atoms with E-state index in [1.54, 1.807) is 0 Å². The van der Waals surface area contributed by atoms with E-state index in [4.69, 9.17) is 0 Å². The summed E-state index contributed by atoms with van der Waals surface area (Å²) in [5.41, 5.74) is -16.1. The Labute approximate surface area is 249 Å². The van der Waals surface area contributed by atoms with Gasteiger partial charge in [0.25, 0.3) is 0 Å². The zero-order chi connectivity index (χ0) is 32.9. The first-order valence-electron chi connectivity index (χ1n) is 8.74. The van der Waals surface area contributed by atoms with E-state index in [2.05, 4.69) is 0 Å². The molecular formula is C6H23N2NaO24P8. The van der Waals surface area contributed by atoms with Crippen molar-refractivity contribution in [2.45, 2.75) is 22.1 Å². The fourth-order valence-corrected chi connectivity index (χ4v) is 14.9. The maximum atomic E-state index is 11.9. The average molecular weight is 778 g/mol. The van der Waals surface area contributed by atoms with Gasteiger partial charge in [0.1, 0.15) is 0 Å². The third kappa shape index (κ3) is 13.4. The van der Waals surface area contributed by atoms with Crippen LogP contribution < -0.4 is 29.6 Å². The molecule has 0 heterocycles. The predicted molar refractivity (Wildman–Crippen MR) is 124 cm³/mol. The molecule has 242 valence electrons. The van der Waals surface area contributed by atoms with E-state index in [1.165, 1.54) is 0 Å². The van der Waals surface area contributed by atoms with Crippen LogP contribution in [0.15, 0.2) is 0 Å². The van der Waals surface area contributed by atoms with Crippen molar-refractivity contribution in [1.82, 2.24) is 9.80 Å². The Morgan fingerprint density at radius 2 is 0.561 bits per heavy atom. The second kappa shape index (κ2) is 14.5. The Morgan fingerprint density at radius 3 is 0.707 bits per heavy atom. The van der Waals surface area contributed by atoms with Crippen molar-refractivity contribution in [3.05, 3.63) is 6.54 Å². The van der Waals surface area contributed by atoms with Gasteiger partial charge in [0.05, 0.1) is 0 Å². The second-order valence-corrected chi connectivity index (χ2v) is 22.4. The largest absolute Gasteiger partial charge is 1.00 e. The SMILES string of the molecule is O=P(O)(O)C(N([CH-]CN(C(P(=O)(O)O)P(=O)(O)O)C(P(=O)(O)O)P(=O)(O)O)C(P(=O)(O)O)P(=O)(O)O)P(=O)(O)O.[Na+]. The van der Waals surface area contributed by atoms with Gasteiger partial charge in [-0.3, -0.25) is 41.4 Å². The molecule has 0 atom stereocenters. The van der Waals surface area contributed by atoms with Crippen LogP contribution in [0.2, 0.25) is 0 Å². The van der Waals surface area contributed by atoms with Gasteiger partial charge in [-0.05, 0) is 0 Å². The minimum absolute atomic E-state index is 0. The van der Waals surface area contributed by atoms with Crippen molar-refractivity contribution in [3.8, 4) is 0 Å². The molecule has 0 fully saturated rings. The van der Waals surface area contributed by atoms with Gasteiger partial charge < -0.3 is 83.2 Å². The van der Waals surface area contributed by atoms with E-state index in [-0.39, 0.29) is 29.6 Å². The molecule has 0 radical (unpaired) electrons. The van der Waals surface area contributed by atoms with Crippen molar-refractivity contribution < 1.29 is 144 Å². The van der Waals surface area contributed by atoms with E-state index in [9.17, 15) is 115 Å². The molecule has 0 rings (SSSR count). The first-order valence-corrected chi connectivity index (χ1v) is 22.2. The molecule has 0 aromatic heterocycles. The molecule has 0 aromatic rings. The fraction of sp³-hybridized carbons (Fsp3) is 0.833. The zero-order valence-electron chi connectivity index (χ0n) is 19.5. The van der Waals surface area contributed by atoms with Crippen LogP contribution in [0.1, 0.15) is 0 Å². The molecular weight excluding hydrogens is 755 g/mol. The first-order chi connectivity index (χ1) is 17.0. The quantitative estimate of drug-likeness (QED) is 0.0417. The molecule has 0 aliphatic rings. The van der Waals surface area contributed by atoms with Gasteiger partial charge in [-0.2, -0.15) is 0 Å². The average Bonchev–Trinajstić information content (AvgIpc) is 2.48. The summed E-state index contributed by atoms with van der Waals surface area (Å²) in [6.07, 6.45) is 0. The normalized spacial score (nSPS) is 15.5. The van der Waals surface area contributed by atoms with Gasteiger partial charge in [-0.25, -0.2) is 6.54 Å². The molecule has 0 unspecified atom stereocenters. The summed E-state index contributed by atoms with van der Waals surface area (Å²) in [6.45, 7) is -3.07. The number of hydrogen-bond donors (Lipinski definition) is 16. The molecule has 0 saturated carbocycles. The van der Waals surface area contributed by atoms with Crippen molar-refractivity contribution in [3.63, 3.8) is 0 Å². The number of rotatable bonds is 15. The maximum Gasteiger partial charge on any atom is 1.00 e. The third-order valence-corrected chi connectivity index (χ3v) is 18.3. The summed E-state index contributed by atoms with van der Waals surface area (Å²) in [5, 5.41) is 0. The summed E-state index contributed by atoms with van der Waals surface area (Å²) in [5.74, 6) is 0. The minimum Gasteiger partial charge on any atom is -0.410 e. The standard InChI is InChI=1S/C6H23N2O24P8.Na/c9-33(10,11)3(34(12,13)14)7(4(35(15,16)17)36(18,19)20)1-2-8(5(37(21,22)23)38(24,25)26)6(39(27,28)29)40(30,31)32;/h1,3-6H,2H2,(H2,9,10,11)(H2,12,13,14)(H2,15,16,17)(H2,18,19,20)(H2,21,22,23)(H2,24,25,26)(H2,27,28,29)(H2,30,31,32);/q-1;+1. The van der Waals surface area contributed by atoms with Crippen LogP contribution in [0.4, 0.5) is 0 Å². The summed E-state index contributed by atoms with van der Waals surface area (Å²) in [6, 6.07) is 0. The van der Waals surface area contributed by atoms with E-state index in [1.807, 2.05) is 0 Å². The summed E-state index contributed by atoms with van der Waals surface area (Å²) in [7, 11) is -52.5. The molecule has 26 nitrogen and oxygen atoms in total. The first kappa shape index (κ1) is 45.2. The smallest absolute Gasteiger partial charge is 0.410 e. The zero-order valence-corrected chi connectivity index (χ0v) is 28.6. The molecule has 0 aromatic carbocycles. The molecule has 41 heavy (non-hydrogen) atoms. The molecule has 35 heteroatoms. The minimum atomic E-state index is -6.57. The Morgan fingerprint density at radius 1 is 0.390 bits per heavy atom. The Bertz CT molecular complexity index is 1020. The van der Waals surface area contributed by atoms with Gasteiger partial charge in [-0.15, -0.1) is 6.54 Å². The monoisotopic (exact) mass is 778 g/mol. The maximum absolute atomic E-state index is 11.9. The van der Waals surface area contributed by atoms with Gasteiger partial charge >= 0.3 is 90.3 Å². The molecule has 0 saturated heterocycles. The van der Waals surface area contributed by atoms with E-state index in [0.29, 0.717) is 0 Å². The topological polar surface area (TPSA) is 467 Å². The number of nitrogens with zero attached hydrogens (tertiary/aromatic N) is 2. The summed E-state index contributed by atoms with van der Waals surface area (Å²) >= 11 is 0. The summed E-state index contributed by atoms with van der Waals surface area (Å²) in [4.78, 5) is 148. The fourth-order valence-electron chi connectivity index (χ4n) is 3.06.